The van der Waals surface area contributed by atoms with Crippen molar-refractivity contribution < 1.29 is 4.74 Å². The number of ether oxygens (including phenoxy) is 1. The van der Waals surface area contributed by atoms with Crippen molar-refractivity contribution in [2.45, 2.75) is 32.7 Å². The van der Waals surface area contributed by atoms with Gasteiger partial charge in [0.1, 0.15) is 5.75 Å². The molecule has 1 atom stereocenters. The molecule has 0 aliphatic rings. The van der Waals surface area contributed by atoms with Crippen LogP contribution in [-0.2, 0) is 6.42 Å². The monoisotopic (exact) mass is 303 g/mol. The average Bonchev–Trinajstić information content (AvgIpc) is 2.50. The van der Waals surface area contributed by atoms with E-state index in [1.165, 1.54) is 17.5 Å². The zero-order chi connectivity index (χ0) is 15.2. The van der Waals surface area contributed by atoms with Crippen molar-refractivity contribution >= 4 is 17.3 Å². The summed E-state index contributed by atoms with van der Waals surface area (Å²) in [5.41, 5.74) is 3.66. The normalized spacial score (nSPS) is 12.0. The third kappa shape index (κ3) is 4.15. The Balaban J connectivity index is 2.08. The molecule has 2 rings (SSSR count). The van der Waals surface area contributed by atoms with E-state index in [1.54, 1.807) is 7.11 Å². The van der Waals surface area contributed by atoms with Gasteiger partial charge in [0.05, 0.1) is 12.1 Å². The third-order valence-corrected chi connectivity index (χ3v) is 3.86. The van der Waals surface area contributed by atoms with Crippen molar-refractivity contribution in [3.8, 4) is 5.75 Å². The van der Waals surface area contributed by atoms with E-state index in [0.29, 0.717) is 10.8 Å². The Hall–Kier alpha value is -1.67. The van der Waals surface area contributed by atoms with Crippen molar-refractivity contribution in [1.82, 2.24) is 0 Å². The standard InChI is InChI=1S/C18H22ClNO/c1-4-5-14-6-8-15(9-7-14)13(2)20-16-10-11-17(19)18(12-16)21-3/h6-13,20H,4-5H2,1-3H3. The fraction of sp³-hybridized carbons (Fsp3) is 0.333. The zero-order valence-electron chi connectivity index (χ0n) is 12.8. The molecular weight excluding hydrogens is 282 g/mol. The second-order valence-corrected chi connectivity index (χ2v) is 5.61. The molecule has 0 aliphatic carbocycles. The molecule has 2 aromatic rings. The Bertz CT molecular complexity index is 580. The van der Waals surface area contributed by atoms with Gasteiger partial charge in [-0.2, -0.15) is 0 Å². The van der Waals surface area contributed by atoms with E-state index < -0.39 is 0 Å². The topological polar surface area (TPSA) is 21.3 Å². The molecule has 0 amide bonds. The first-order chi connectivity index (χ1) is 10.1. The van der Waals surface area contributed by atoms with Gasteiger partial charge in [0.2, 0.25) is 0 Å². The number of methoxy groups -OCH3 is 1. The van der Waals surface area contributed by atoms with Crippen LogP contribution >= 0.6 is 11.6 Å². The highest BCUT2D eigenvalue weighted by Crippen LogP contribution is 2.29. The molecule has 0 aliphatic heterocycles. The number of anilines is 1. The van der Waals surface area contributed by atoms with Gasteiger partial charge >= 0.3 is 0 Å². The second-order valence-electron chi connectivity index (χ2n) is 5.21. The van der Waals surface area contributed by atoms with Gasteiger partial charge in [0, 0.05) is 17.8 Å². The second kappa shape index (κ2) is 7.37. The zero-order valence-corrected chi connectivity index (χ0v) is 13.6. The summed E-state index contributed by atoms with van der Waals surface area (Å²) >= 11 is 6.04. The smallest absolute Gasteiger partial charge is 0.139 e. The van der Waals surface area contributed by atoms with Gasteiger partial charge in [-0.15, -0.1) is 0 Å². The van der Waals surface area contributed by atoms with Gasteiger partial charge < -0.3 is 10.1 Å². The predicted octanol–water partition coefficient (Wildman–Crippen LogP) is 5.47. The molecule has 112 valence electrons. The molecule has 0 saturated heterocycles. The van der Waals surface area contributed by atoms with Crippen molar-refractivity contribution in [2.24, 2.45) is 0 Å². The molecule has 21 heavy (non-hydrogen) atoms. The molecule has 0 spiro atoms. The number of halogens is 1. The molecule has 2 nitrogen and oxygen atoms in total. The Kier molecular flexibility index (Phi) is 5.51. The van der Waals surface area contributed by atoms with Crippen LogP contribution in [0, 0.1) is 0 Å². The van der Waals surface area contributed by atoms with Crippen LogP contribution in [0.2, 0.25) is 5.02 Å². The molecule has 0 radical (unpaired) electrons. The molecule has 0 bridgehead atoms. The summed E-state index contributed by atoms with van der Waals surface area (Å²) in [4.78, 5) is 0. The first kappa shape index (κ1) is 15.7. The quantitative estimate of drug-likeness (QED) is 0.763. The number of aryl methyl sites for hydroxylation is 1. The fourth-order valence-electron chi connectivity index (χ4n) is 2.34. The number of hydrogen-bond acceptors (Lipinski definition) is 2. The van der Waals surface area contributed by atoms with Crippen LogP contribution in [0.3, 0.4) is 0 Å². The third-order valence-electron chi connectivity index (χ3n) is 3.55. The maximum atomic E-state index is 6.04. The van der Waals surface area contributed by atoms with Crippen LogP contribution < -0.4 is 10.1 Å². The molecule has 1 N–H and O–H groups in total. The molecule has 2 aromatic carbocycles. The summed E-state index contributed by atoms with van der Waals surface area (Å²) in [5, 5.41) is 4.10. The lowest BCUT2D eigenvalue weighted by Gasteiger charge is -2.17. The van der Waals surface area contributed by atoms with E-state index >= 15 is 0 Å². The van der Waals surface area contributed by atoms with Crippen molar-refractivity contribution in [3.63, 3.8) is 0 Å². The van der Waals surface area contributed by atoms with E-state index in [4.69, 9.17) is 16.3 Å². The summed E-state index contributed by atoms with van der Waals surface area (Å²) in [6.07, 6.45) is 2.31. The van der Waals surface area contributed by atoms with Crippen molar-refractivity contribution in [1.29, 1.82) is 0 Å². The lowest BCUT2D eigenvalue weighted by molar-refractivity contribution is 0.415. The summed E-state index contributed by atoms with van der Waals surface area (Å²) < 4.78 is 5.24. The minimum absolute atomic E-state index is 0.228. The summed E-state index contributed by atoms with van der Waals surface area (Å²) in [6.45, 7) is 4.35. The maximum absolute atomic E-state index is 6.04. The SMILES string of the molecule is CCCc1ccc(C(C)Nc2ccc(Cl)c(OC)c2)cc1. The summed E-state index contributed by atoms with van der Waals surface area (Å²) in [7, 11) is 1.63. The van der Waals surface area contributed by atoms with E-state index in [1.807, 2.05) is 18.2 Å². The molecular formula is C18H22ClNO. The van der Waals surface area contributed by atoms with Gasteiger partial charge in [-0.3, -0.25) is 0 Å². The van der Waals surface area contributed by atoms with Crippen LogP contribution in [0.1, 0.15) is 37.4 Å². The Morgan fingerprint density at radius 2 is 1.86 bits per heavy atom. The summed E-state index contributed by atoms with van der Waals surface area (Å²) in [6, 6.07) is 14.8. The Labute approximate surface area is 132 Å². The first-order valence-corrected chi connectivity index (χ1v) is 7.70. The van der Waals surface area contributed by atoms with E-state index in [9.17, 15) is 0 Å². The molecule has 1 unspecified atom stereocenters. The molecule has 0 heterocycles. The van der Waals surface area contributed by atoms with Gasteiger partial charge in [-0.05, 0) is 36.6 Å². The lowest BCUT2D eigenvalue weighted by atomic mass is 10.0. The van der Waals surface area contributed by atoms with Crippen molar-refractivity contribution in [2.75, 3.05) is 12.4 Å². The van der Waals surface area contributed by atoms with E-state index in [-0.39, 0.29) is 6.04 Å². The number of rotatable bonds is 6. The fourth-order valence-corrected chi connectivity index (χ4v) is 2.54. The van der Waals surface area contributed by atoms with Crippen LogP contribution in [0.15, 0.2) is 42.5 Å². The van der Waals surface area contributed by atoms with Crippen LogP contribution in [0.5, 0.6) is 5.75 Å². The highest BCUT2D eigenvalue weighted by molar-refractivity contribution is 6.32. The van der Waals surface area contributed by atoms with Crippen LogP contribution in [-0.4, -0.2) is 7.11 Å². The van der Waals surface area contributed by atoms with Gasteiger partial charge in [-0.1, -0.05) is 49.2 Å². The average molecular weight is 304 g/mol. The molecule has 0 aromatic heterocycles. The minimum atomic E-state index is 0.228. The van der Waals surface area contributed by atoms with E-state index in [0.717, 1.165) is 12.1 Å². The number of nitrogens with one attached hydrogen (secondary N) is 1. The molecule has 3 heteroatoms. The van der Waals surface area contributed by atoms with Crippen molar-refractivity contribution in [3.05, 3.63) is 58.6 Å². The first-order valence-electron chi connectivity index (χ1n) is 7.33. The Morgan fingerprint density at radius 3 is 2.48 bits per heavy atom. The summed E-state index contributed by atoms with van der Waals surface area (Å²) in [5.74, 6) is 0.687. The number of benzene rings is 2. The van der Waals surface area contributed by atoms with Crippen LogP contribution in [0.4, 0.5) is 5.69 Å². The minimum Gasteiger partial charge on any atom is -0.495 e. The molecule has 0 saturated carbocycles. The lowest BCUT2D eigenvalue weighted by Crippen LogP contribution is -2.06. The highest BCUT2D eigenvalue weighted by Gasteiger charge is 2.07. The van der Waals surface area contributed by atoms with Crippen LogP contribution in [0.25, 0.3) is 0 Å². The highest BCUT2D eigenvalue weighted by atomic mass is 35.5. The maximum Gasteiger partial charge on any atom is 0.139 e. The Morgan fingerprint density at radius 1 is 1.14 bits per heavy atom. The van der Waals surface area contributed by atoms with Gasteiger partial charge in [-0.25, -0.2) is 0 Å². The molecule has 0 fully saturated rings. The largest absolute Gasteiger partial charge is 0.495 e. The van der Waals surface area contributed by atoms with Gasteiger partial charge in [0.25, 0.3) is 0 Å². The van der Waals surface area contributed by atoms with Gasteiger partial charge in [0.15, 0.2) is 0 Å². The van der Waals surface area contributed by atoms with E-state index in [2.05, 4.69) is 43.4 Å². The number of hydrogen-bond donors (Lipinski definition) is 1. The predicted molar refractivity (Wildman–Crippen MR) is 90.5 cm³/mol.